The molecule has 1 N–H and O–H groups in total. The van der Waals surface area contributed by atoms with Crippen molar-refractivity contribution in [3.8, 4) is 0 Å². The number of hydrogen-bond donors (Lipinski definition) is 1. The highest BCUT2D eigenvalue weighted by atomic mass is 19.4. The van der Waals surface area contributed by atoms with Crippen molar-refractivity contribution in [1.82, 2.24) is 9.55 Å². The molecule has 2 rings (SSSR count). The van der Waals surface area contributed by atoms with Crippen molar-refractivity contribution in [3.63, 3.8) is 0 Å². The monoisotopic (exact) mass is 324 g/mol. The number of benzene rings is 1. The zero-order chi connectivity index (χ0) is 16.5. The maximum Gasteiger partial charge on any atom is 0.416 e. The Hall–Kier alpha value is -2.03. The molecule has 0 bridgehead atoms. The van der Waals surface area contributed by atoms with E-state index in [1.165, 1.54) is 23.3 Å². The number of nitrogens with zero attached hydrogens (tertiary/aromatic N) is 2. The van der Waals surface area contributed by atoms with Crippen LogP contribution in [-0.4, -0.2) is 14.7 Å². The van der Waals surface area contributed by atoms with Gasteiger partial charge in [0, 0.05) is 12.4 Å². The van der Waals surface area contributed by atoms with Crippen LogP contribution >= 0.6 is 0 Å². The molecular weight excluding hydrogens is 314 g/mol. The van der Waals surface area contributed by atoms with Crippen molar-refractivity contribution in [3.05, 3.63) is 53.6 Å². The summed E-state index contributed by atoms with van der Waals surface area (Å²) in [6, 6.07) is 0.996. The minimum Gasteiger partial charge on any atom is -0.387 e. The third-order valence-electron chi connectivity index (χ3n) is 2.99. The summed E-state index contributed by atoms with van der Waals surface area (Å²) in [7, 11) is 0. The Morgan fingerprint density at radius 1 is 1.09 bits per heavy atom. The highest BCUT2D eigenvalue weighted by molar-refractivity contribution is 5.36. The van der Waals surface area contributed by atoms with Crippen molar-refractivity contribution >= 4 is 0 Å². The van der Waals surface area contributed by atoms with Gasteiger partial charge in [0.2, 0.25) is 0 Å². The molecule has 9 heteroatoms. The van der Waals surface area contributed by atoms with Crippen LogP contribution in [0.1, 0.15) is 22.8 Å². The highest BCUT2D eigenvalue weighted by Crippen LogP contribution is 2.38. The van der Waals surface area contributed by atoms with Gasteiger partial charge in [0.25, 0.3) is 0 Å². The summed E-state index contributed by atoms with van der Waals surface area (Å²) >= 11 is 0. The first-order chi connectivity index (χ1) is 10.1. The molecule has 0 fully saturated rings. The summed E-state index contributed by atoms with van der Waals surface area (Å²) in [4.78, 5) is 3.65. The molecule has 1 atom stereocenters. The average molecular weight is 324 g/mol. The Morgan fingerprint density at radius 3 is 2.27 bits per heavy atom. The molecule has 120 valence electrons. The number of hydrogen-bond acceptors (Lipinski definition) is 2. The molecule has 1 aromatic carbocycles. The van der Waals surface area contributed by atoms with E-state index in [2.05, 4.69) is 4.98 Å². The summed E-state index contributed by atoms with van der Waals surface area (Å²) in [5.41, 5.74) is -3.37. The lowest BCUT2D eigenvalue weighted by molar-refractivity contribution is -0.142. The molecule has 1 heterocycles. The van der Waals surface area contributed by atoms with Crippen LogP contribution in [0.2, 0.25) is 0 Å². The number of aliphatic hydroxyl groups excluding tert-OH is 1. The molecule has 1 aromatic heterocycles. The van der Waals surface area contributed by atoms with E-state index >= 15 is 0 Å². The van der Waals surface area contributed by atoms with Crippen LogP contribution in [-0.2, 0) is 18.9 Å². The van der Waals surface area contributed by atoms with Gasteiger partial charge in [0.15, 0.2) is 0 Å². The fraction of sp³-hybridized carbons (Fsp3) is 0.308. The van der Waals surface area contributed by atoms with Gasteiger partial charge in [0.05, 0.1) is 30.1 Å². The number of halogens is 6. The van der Waals surface area contributed by atoms with E-state index in [4.69, 9.17) is 0 Å². The summed E-state index contributed by atoms with van der Waals surface area (Å²) in [5.74, 6) is 0. The van der Waals surface area contributed by atoms with Crippen LogP contribution in [0.4, 0.5) is 26.3 Å². The number of rotatable bonds is 3. The van der Waals surface area contributed by atoms with Gasteiger partial charge >= 0.3 is 12.4 Å². The normalized spacial score (nSPS) is 14.1. The Balaban J connectivity index is 2.45. The second kappa shape index (κ2) is 5.64. The van der Waals surface area contributed by atoms with Gasteiger partial charge in [-0.2, -0.15) is 26.3 Å². The fourth-order valence-electron chi connectivity index (χ4n) is 1.97. The van der Waals surface area contributed by atoms with Crippen molar-refractivity contribution in [2.45, 2.75) is 25.0 Å². The van der Waals surface area contributed by atoms with Gasteiger partial charge in [-0.25, -0.2) is 4.98 Å². The summed E-state index contributed by atoms with van der Waals surface area (Å²) in [5, 5.41) is 9.91. The predicted molar refractivity (Wildman–Crippen MR) is 63.6 cm³/mol. The molecule has 0 spiro atoms. The minimum atomic E-state index is -4.87. The van der Waals surface area contributed by atoms with Crippen LogP contribution in [0.15, 0.2) is 36.9 Å². The van der Waals surface area contributed by atoms with E-state index in [1.54, 1.807) is 0 Å². The van der Waals surface area contributed by atoms with E-state index in [1.807, 2.05) is 0 Å². The fourth-order valence-corrected chi connectivity index (χ4v) is 1.97. The summed E-state index contributed by atoms with van der Waals surface area (Å²) in [6.45, 7) is -0.343. The average Bonchev–Trinajstić information content (AvgIpc) is 2.88. The molecule has 0 saturated heterocycles. The lowest BCUT2D eigenvalue weighted by atomic mass is 9.98. The van der Waals surface area contributed by atoms with Gasteiger partial charge in [-0.15, -0.1) is 0 Å². The van der Waals surface area contributed by atoms with Gasteiger partial charge in [-0.1, -0.05) is 0 Å². The zero-order valence-electron chi connectivity index (χ0n) is 10.9. The molecule has 22 heavy (non-hydrogen) atoms. The van der Waals surface area contributed by atoms with E-state index in [0.717, 1.165) is 0 Å². The van der Waals surface area contributed by atoms with E-state index < -0.39 is 35.1 Å². The number of imidazole rings is 1. The Bertz CT molecular complexity index is 633. The predicted octanol–water partition coefficient (Wildman–Crippen LogP) is 3.65. The molecule has 0 amide bonds. The topological polar surface area (TPSA) is 38.0 Å². The van der Waals surface area contributed by atoms with E-state index in [0.29, 0.717) is 18.2 Å². The van der Waals surface area contributed by atoms with Gasteiger partial charge in [-0.05, 0) is 23.8 Å². The molecule has 0 radical (unpaired) electrons. The van der Waals surface area contributed by atoms with Gasteiger partial charge in [0.1, 0.15) is 0 Å². The second-order valence-corrected chi connectivity index (χ2v) is 4.57. The standard InChI is InChI=1S/C13H10F6N2O/c14-12(15,16)8-1-2-10(13(17,18)19)9(5-8)11(22)6-21-4-3-20-7-21/h1-5,7,11,22H,6H2. The highest BCUT2D eigenvalue weighted by Gasteiger charge is 2.38. The molecule has 0 saturated carbocycles. The number of alkyl halides is 6. The first-order valence-electron chi connectivity index (χ1n) is 6.01. The maximum absolute atomic E-state index is 12.9. The summed E-state index contributed by atoms with van der Waals surface area (Å²) < 4.78 is 78.0. The first-order valence-corrected chi connectivity index (χ1v) is 6.01. The molecular formula is C13H10F6N2O. The van der Waals surface area contributed by atoms with Crippen LogP contribution in [0.5, 0.6) is 0 Å². The van der Waals surface area contributed by atoms with Crippen LogP contribution in [0.25, 0.3) is 0 Å². The largest absolute Gasteiger partial charge is 0.416 e. The molecule has 2 aromatic rings. The Kier molecular flexibility index (Phi) is 4.19. The third kappa shape index (κ3) is 3.59. The van der Waals surface area contributed by atoms with Crippen LogP contribution < -0.4 is 0 Å². The van der Waals surface area contributed by atoms with E-state index in [-0.39, 0.29) is 6.54 Å². The Labute approximate surface area is 120 Å². The van der Waals surface area contributed by atoms with Crippen molar-refractivity contribution in [2.24, 2.45) is 0 Å². The van der Waals surface area contributed by atoms with Gasteiger partial charge in [-0.3, -0.25) is 0 Å². The smallest absolute Gasteiger partial charge is 0.387 e. The van der Waals surface area contributed by atoms with Gasteiger partial charge < -0.3 is 9.67 Å². The molecule has 3 nitrogen and oxygen atoms in total. The first kappa shape index (κ1) is 16.3. The zero-order valence-corrected chi connectivity index (χ0v) is 10.9. The number of aliphatic hydroxyl groups is 1. The molecule has 0 aliphatic rings. The summed E-state index contributed by atoms with van der Waals surface area (Å²) in [6.07, 6.45) is -7.46. The lowest BCUT2D eigenvalue weighted by Crippen LogP contribution is -2.17. The molecule has 0 aliphatic carbocycles. The quantitative estimate of drug-likeness (QED) is 0.875. The molecule has 1 unspecified atom stereocenters. The van der Waals surface area contributed by atoms with Crippen molar-refractivity contribution in [1.29, 1.82) is 0 Å². The molecule has 0 aliphatic heterocycles. The van der Waals surface area contributed by atoms with Crippen molar-refractivity contribution < 1.29 is 31.4 Å². The Morgan fingerprint density at radius 2 is 1.77 bits per heavy atom. The number of aromatic nitrogens is 2. The van der Waals surface area contributed by atoms with Crippen LogP contribution in [0, 0.1) is 0 Å². The second-order valence-electron chi connectivity index (χ2n) is 4.57. The minimum absolute atomic E-state index is 0.324. The SMILES string of the molecule is OC(Cn1ccnc1)c1cc(C(F)(F)F)ccc1C(F)(F)F. The van der Waals surface area contributed by atoms with Crippen molar-refractivity contribution in [2.75, 3.05) is 0 Å². The third-order valence-corrected chi connectivity index (χ3v) is 2.99. The van der Waals surface area contributed by atoms with Crippen LogP contribution in [0.3, 0.4) is 0 Å². The van der Waals surface area contributed by atoms with E-state index in [9.17, 15) is 31.4 Å². The maximum atomic E-state index is 12.9. The lowest BCUT2D eigenvalue weighted by Gasteiger charge is -2.20.